The topological polar surface area (TPSA) is 34.1 Å². The van der Waals surface area contributed by atoms with Gasteiger partial charge in [-0.2, -0.15) is 0 Å². The molecule has 4 heteroatoms. The van der Waals surface area contributed by atoms with E-state index in [1.165, 1.54) is 22.4 Å². The molecule has 3 nitrogen and oxygen atoms in total. The highest BCUT2D eigenvalue weighted by molar-refractivity contribution is 5.85. The molecule has 0 fully saturated rings. The summed E-state index contributed by atoms with van der Waals surface area (Å²) in [4.78, 5) is 4.51. The molecule has 0 spiro atoms. The lowest BCUT2D eigenvalue weighted by Crippen LogP contribution is -2.01. The predicted octanol–water partition coefficient (Wildman–Crippen LogP) is 1.35. The van der Waals surface area contributed by atoms with E-state index >= 15 is 0 Å². The van der Waals surface area contributed by atoms with Crippen LogP contribution < -0.4 is 10.1 Å². The predicted molar refractivity (Wildman–Crippen MR) is 56.0 cm³/mol. The van der Waals surface area contributed by atoms with Gasteiger partial charge in [-0.25, -0.2) is 4.98 Å². The molecule has 14 heavy (non-hydrogen) atoms. The van der Waals surface area contributed by atoms with Gasteiger partial charge in [0.05, 0.1) is 12.3 Å². The van der Waals surface area contributed by atoms with Crippen molar-refractivity contribution >= 4 is 12.4 Å². The minimum atomic E-state index is 0. The number of nitrogens with zero attached hydrogens (tertiary/aromatic N) is 1. The van der Waals surface area contributed by atoms with Crippen molar-refractivity contribution in [3.8, 4) is 5.88 Å². The van der Waals surface area contributed by atoms with Gasteiger partial charge >= 0.3 is 0 Å². The molecule has 2 aliphatic heterocycles. The first-order chi connectivity index (χ1) is 6.36. The van der Waals surface area contributed by atoms with E-state index in [1.54, 1.807) is 0 Å². The minimum absolute atomic E-state index is 0. The number of rotatable bonds is 0. The zero-order chi connectivity index (χ0) is 8.84. The molecule has 3 rings (SSSR count). The Morgan fingerprint density at radius 2 is 2.14 bits per heavy atom. The molecule has 0 unspecified atom stereocenters. The van der Waals surface area contributed by atoms with Crippen LogP contribution in [0.1, 0.15) is 22.4 Å². The second-order valence-corrected chi connectivity index (χ2v) is 3.65. The number of nitrogens with one attached hydrogen (secondary N) is 1. The Hall–Kier alpha value is -0.800. The average Bonchev–Trinajstić information content (AvgIpc) is 2.71. The highest BCUT2D eigenvalue weighted by Crippen LogP contribution is 2.31. The second kappa shape index (κ2) is 3.41. The van der Waals surface area contributed by atoms with E-state index in [2.05, 4.69) is 17.2 Å². The Morgan fingerprint density at radius 1 is 1.29 bits per heavy atom. The first-order valence-corrected chi connectivity index (χ1v) is 4.71. The van der Waals surface area contributed by atoms with Gasteiger partial charge in [0.2, 0.25) is 5.88 Å². The van der Waals surface area contributed by atoms with Crippen LogP contribution in [0.2, 0.25) is 0 Å². The van der Waals surface area contributed by atoms with E-state index in [-0.39, 0.29) is 12.4 Å². The maximum Gasteiger partial charge on any atom is 0.217 e. The first kappa shape index (κ1) is 9.74. The number of pyridine rings is 1. The molecule has 1 N–H and O–H groups in total. The van der Waals surface area contributed by atoms with Gasteiger partial charge in [0.15, 0.2) is 0 Å². The molecule has 0 radical (unpaired) electrons. The highest BCUT2D eigenvalue weighted by Gasteiger charge is 2.23. The van der Waals surface area contributed by atoms with Crippen LogP contribution in [0.4, 0.5) is 0 Å². The molecule has 1 aromatic rings. The van der Waals surface area contributed by atoms with Crippen molar-refractivity contribution in [2.75, 3.05) is 6.61 Å². The van der Waals surface area contributed by atoms with Crippen LogP contribution in [-0.4, -0.2) is 11.6 Å². The van der Waals surface area contributed by atoms with Gasteiger partial charge in [-0.1, -0.05) is 0 Å². The van der Waals surface area contributed by atoms with Gasteiger partial charge in [0.25, 0.3) is 0 Å². The summed E-state index contributed by atoms with van der Waals surface area (Å²) in [6, 6.07) is 0. The van der Waals surface area contributed by atoms with E-state index in [9.17, 15) is 0 Å². The van der Waals surface area contributed by atoms with Crippen molar-refractivity contribution in [3.63, 3.8) is 0 Å². The Balaban J connectivity index is 0.000000750. The summed E-state index contributed by atoms with van der Waals surface area (Å²) in [5.41, 5.74) is 5.28. The molecule has 3 heterocycles. The molecule has 0 aliphatic carbocycles. The van der Waals surface area contributed by atoms with Gasteiger partial charge in [-0.3, -0.25) is 0 Å². The van der Waals surface area contributed by atoms with E-state index in [0.717, 1.165) is 32.0 Å². The van der Waals surface area contributed by atoms with Crippen LogP contribution in [0.25, 0.3) is 0 Å². The molecular weight excluding hydrogens is 200 g/mol. The highest BCUT2D eigenvalue weighted by atomic mass is 35.5. The van der Waals surface area contributed by atoms with Crippen LogP contribution in [0, 0.1) is 6.92 Å². The van der Waals surface area contributed by atoms with Gasteiger partial charge < -0.3 is 10.1 Å². The Kier molecular flexibility index (Phi) is 2.37. The van der Waals surface area contributed by atoms with Crippen molar-refractivity contribution in [3.05, 3.63) is 22.4 Å². The summed E-state index contributed by atoms with van der Waals surface area (Å²) in [7, 11) is 0. The molecule has 0 saturated heterocycles. The van der Waals surface area contributed by atoms with E-state index in [0.29, 0.717) is 0 Å². The Morgan fingerprint density at radius 3 is 3.00 bits per heavy atom. The largest absolute Gasteiger partial charge is 0.477 e. The monoisotopic (exact) mass is 212 g/mol. The summed E-state index contributed by atoms with van der Waals surface area (Å²) < 4.78 is 5.47. The van der Waals surface area contributed by atoms with Gasteiger partial charge in [0.1, 0.15) is 0 Å². The molecular formula is C10H13ClN2O. The summed E-state index contributed by atoms with van der Waals surface area (Å²) in [6.45, 7) is 4.86. The number of hydrogen-bond donors (Lipinski definition) is 1. The summed E-state index contributed by atoms with van der Waals surface area (Å²) in [6.07, 6.45) is 1.03. The van der Waals surface area contributed by atoms with Crippen molar-refractivity contribution in [1.82, 2.24) is 10.3 Å². The van der Waals surface area contributed by atoms with E-state index < -0.39 is 0 Å². The zero-order valence-electron chi connectivity index (χ0n) is 8.09. The Labute approximate surface area is 89.3 Å². The lowest BCUT2D eigenvalue weighted by molar-refractivity contribution is 0.344. The molecule has 0 bridgehead atoms. The van der Waals surface area contributed by atoms with Crippen molar-refractivity contribution < 1.29 is 4.74 Å². The van der Waals surface area contributed by atoms with Crippen LogP contribution in [0.15, 0.2) is 0 Å². The fourth-order valence-electron chi connectivity index (χ4n) is 2.17. The summed E-state index contributed by atoms with van der Waals surface area (Å²) in [5, 5.41) is 3.31. The third-order valence-corrected chi connectivity index (χ3v) is 2.93. The maximum atomic E-state index is 5.47. The second-order valence-electron chi connectivity index (χ2n) is 3.65. The molecule has 2 aliphatic rings. The lowest BCUT2D eigenvalue weighted by atomic mass is 10.0. The van der Waals surface area contributed by atoms with Crippen molar-refractivity contribution in [2.45, 2.75) is 26.4 Å². The number of fused-ring (bicyclic) bond motifs is 2. The molecule has 0 aromatic carbocycles. The van der Waals surface area contributed by atoms with Crippen LogP contribution >= 0.6 is 12.4 Å². The van der Waals surface area contributed by atoms with E-state index in [4.69, 9.17) is 4.74 Å². The molecule has 76 valence electrons. The Bertz CT molecular complexity index is 347. The normalized spacial score (nSPS) is 16.9. The fraction of sp³-hybridized carbons (Fsp3) is 0.500. The summed E-state index contributed by atoms with van der Waals surface area (Å²) >= 11 is 0. The molecule has 0 amide bonds. The molecule has 0 saturated carbocycles. The third-order valence-electron chi connectivity index (χ3n) is 2.93. The minimum Gasteiger partial charge on any atom is -0.477 e. The lowest BCUT2D eigenvalue weighted by Gasteiger charge is -2.06. The standard InChI is InChI=1S/C10H12N2O.ClH/c1-6-7-2-3-13-10(7)12-9-5-11-4-8(6)9;/h11H,2-5H2,1H3;1H. The molecule has 0 atom stereocenters. The fourth-order valence-corrected chi connectivity index (χ4v) is 2.17. The number of halogens is 1. The van der Waals surface area contributed by atoms with E-state index in [1.807, 2.05) is 0 Å². The maximum absolute atomic E-state index is 5.47. The number of hydrogen-bond acceptors (Lipinski definition) is 3. The number of aromatic nitrogens is 1. The average molecular weight is 213 g/mol. The molecule has 1 aromatic heterocycles. The van der Waals surface area contributed by atoms with Gasteiger partial charge in [-0.05, 0) is 18.1 Å². The third kappa shape index (κ3) is 1.20. The van der Waals surface area contributed by atoms with Gasteiger partial charge in [-0.15, -0.1) is 12.4 Å². The SMILES string of the molecule is Cc1c2c(nc3c1CCO3)CNC2.Cl. The zero-order valence-corrected chi connectivity index (χ0v) is 8.91. The smallest absolute Gasteiger partial charge is 0.217 e. The quantitative estimate of drug-likeness (QED) is 0.705. The van der Waals surface area contributed by atoms with Crippen molar-refractivity contribution in [2.24, 2.45) is 0 Å². The van der Waals surface area contributed by atoms with Crippen molar-refractivity contribution in [1.29, 1.82) is 0 Å². The van der Waals surface area contributed by atoms with Gasteiger partial charge in [0, 0.05) is 25.1 Å². The first-order valence-electron chi connectivity index (χ1n) is 4.71. The number of ether oxygens (including phenoxy) is 1. The summed E-state index contributed by atoms with van der Waals surface area (Å²) in [5.74, 6) is 0.875. The van der Waals surface area contributed by atoms with Crippen LogP contribution in [-0.2, 0) is 19.5 Å². The van der Waals surface area contributed by atoms with Crippen LogP contribution in [0.3, 0.4) is 0 Å². The van der Waals surface area contributed by atoms with Crippen LogP contribution in [0.5, 0.6) is 5.88 Å².